The fourth-order valence-corrected chi connectivity index (χ4v) is 3.37. The number of aromatic carboxylic acids is 1. The molecule has 7 nitrogen and oxygen atoms in total. The van der Waals surface area contributed by atoms with Crippen molar-refractivity contribution in [1.82, 2.24) is 4.31 Å². The molecule has 0 atom stereocenters. The Morgan fingerprint density at radius 3 is 2.56 bits per heavy atom. The van der Waals surface area contributed by atoms with Crippen molar-refractivity contribution >= 4 is 16.0 Å². The summed E-state index contributed by atoms with van der Waals surface area (Å²) in [4.78, 5) is 10.8. The van der Waals surface area contributed by atoms with Crippen LogP contribution in [0.3, 0.4) is 0 Å². The van der Waals surface area contributed by atoms with Crippen LogP contribution in [0.2, 0.25) is 0 Å². The number of carboxylic acid groups (broad SMARTS) is 1. The lowest BCUT2D eigenvalue weighted by molar-refractivity contribution is 0.0688. The second kappa shape index (κ2) is 4.71. The summed E-state index contributed by atoms with van der Waals surface area (Å²) in [6.45, 7) is 2.45. The van der Waals surface area contributed by atoms with Crippen molar-refractivity contribution in [2.24, 2.45) is 0 Å². The Kier molecular flexibility index (Phi) is 3.42. The molecule has 0 aliphatic carbocycles. The van der Waals surface area contributed by atoms with Gasteiger partial charge < -0.3 is 14.3 Å². The smallest absolute Gasteiger partial charge is 0.340 e. The van der Waals surface area contributed by atoms with Crippen LogP contribution >= 0.6 is 0 Å². The van der Waals surface area contributed by atoms with Gasteiger partial charge in [0, 0.05) is 13.1 Å². The minimum Gasteiger partial charge on any atom is -0.478 e. The molecular weight excluding hydrogens is 262 g/mol. The van der Waals surface area contributed by atoms with Gasteiger partial charge in [-0.25, -0.2) is 13.2 Å². The highest BCUT2D eigenvalue weighted by Gasteiger charge is 2.33. The predicted molar refractivity (Wildman–Crippen MR) is 60.0 cm³/mol. The van der Waals surface area contributed by atoms with E-state index < -0.39 is 16.0 Å². The summed E-state index contributed by atoms with van der Waals surface area (Å²) in [5.74, 6) is -1.23. The number of nitrogens with zero attached hydrogens (tertiary/aromatic N) is 1. The summed E-state index contributed by atoms with van der Waals surface area (Å²) in [7, 11) is -3.84. The third-order valence-electron chi connectivity index (χ3n) is 2.74. The molecule has 100 valence electrons. The highest BCUT2D eigenvalue weighted by molar-refractivity contribution is 7.89. The van der Waals surface area contributed by atoms with E-state index in [1.807, 2.05) is 0 Å². The number of morpholine rings is 1. The lowest BCUT2D eigenvalue weighted by atomic mass is 10.3. The molecule has 1 fully saturated rings. The molecule has 1 aliphatic rings. The van der Waals surface area contributed by atoms with Gasteiger partial charge >= 0.3 is 5.97 Å². The van der Waals surface area contributed by atoms with E-state index >= 15 is 0 Å². The molecule has 0 amide bonds. The summed E-state index contributed by atoms with van der Waals surface area (Å²) in [5, 5.41) is 9.03. The van der Waals surface area contributed by atoms with Crippen LogP contribution in [0.25, 0.3) is 0 Å². The number of carbonyl (C=O) groups is 1. The number of sulfonamides is 1. The fraction of sp³-hybridized carbons (Fsp3) is 0.500. The highest BCUT2D eigenvalue weighted by Crippen LogP contribution is 2.25. The minimum atomic E-state index is -3.84. The van der Waals surface area contributed by atoms with Gasteiger partial charge in [-0.1, -0.05) is 0 Å². The Morgan fingerprint density at radius 2 is 2.00 bits per heavy atom. The first-order valence-corrected chi connectivity index (χ1v) is 6.78. The molecule has 0 spiro atoms. The largest absolute Gasteiger partial charge is 0.478 e. The summed E-state index contributed by atoms with van der Waals surface area (Å²) in [6, 6.07) is 0. The fourth-order valence-electron chi connectivity index (χ4n) is 1.81. The SMILES string of the molecule is Cc1occ(S(=O)(=O)N2CCOCC2)c1C(=O)O. The number of hydrogen-bond donors (Lipinski definition) is 1. The molecule has 0 bridgehead atoms. The molecule has 1 saturated heterocycles. The maximum Gasteiger partial charge on any atom is 0.340 e. The molecule has 0 saturated carbocycles. The van der Waals surface area contributed by atoms with Crippen molar-refractivity contribution in [3.8, 4) is 0 Å². The topological polar surface area (TPSA) is 97.0 Å². The van der Waals surface area contributed by atoms with E-state index in [0.29, 0.717) is 13.2 Å². The Labute approximate surface area is 104 Å². The van der Waals surface area contributed by atoms with Gasteiger partial charge in [0.25, 0.3) is 0 Å². The second-order valence-electron chi connectivity index (χ2n) is 3.85. The third-order valence-corrected chi connectivity index (χ3v) is 4.64. The normalized spacial score (nSPS) is 17.8. The van der Waals surface area contributed by atoms with Gasteiger partial charge in [-0.3, -0.25) is 0 Å². The summed E-state index contributed by atoms with van der Waals surface area (Å²) < 4.78 is 35.7. The first-order chi connectivity index (χ1) is 8.44. The molecule has 1 aliphatic heterocycles. The van der Waals surface area contributed by atoms with E-state index in [0.717, 1.165) is 6.26 Å². The van der Waals surface area contributed by atoms with Crippen LogP contribution in [0.15, 0.2) is 15.6 Å². The highest BCUT2D eigenvalue weighted by atomic mass is 32.2. The van der Waals surface area contributed by atoms with Gasteiger partial charge in [0.2, 0.25) is 10.0 Å². The van der Waals surface area contributed by atoms with Crippen molar-refractivity contribution in [3.05, 3.63) is 17.6 Å². The molecule has 18 heavy (non-hydrogen) atoms. The van der Waals surface area contributed by atoms with Gasteiger partial charge in [0.1, 0.15) is 22.5 Å². The van der Waals surface area contributed by atoms with E-state index in [4.69, 9.17) is 14.3 Å². The van der Waals surface area contributed by atoms with Gasteiger partial charge in [-0.05, 0) is 6.92 Å². The quantitative estimate of drug-likeness (QED) is 0.852. The van der Waals surface area contributed by atoms with Crippen molar-refractivity contribution in [2.75, 3.05) is 26.3 Å². The zero-order valence-corrected chi connectivity index (χ0v) is 10.6. The standard InChI is InChI=1S/C10H13NO6S/c1-7-9(10(12)13)8(6-17-7)18(14,15)11-2-4-16-5-3-11/h6H,2-5H2,1H3,(H,12,13). The Bertz CT molecular complexity index is 555. The predicted octanol–water partition coefficient (Wildman–Crippen LogP) is 0.307. The lowest BCUT2D eigenvalue weighted by Gasteiger charge is -2.25. The monoisotopic (exact) mass is 275 g/mol. The number of aryl methyl sites for hydroxylation is 1. The molecule has 1 aromatic rings. The van der Waals surface area contributed by atoms with Crippen LogP contribution < -0.4 is 0 Å². The summed E-state index contributed by atoms with van der Waals surface area (Å²) in [5.41, 5.74) is -0.304. The van der Waals surface area contributed by atoms with E-state index in [1.54, 1.807) is 0 Å². The zero-order valence-electron chi connectivity index (χ0n) is 9.75. The third kappa shape index (κ3) is 2.14. The van der Waals surface area contributed by atoms with E-state index in [9.17, 15) is 13.2 Å². The minimum absolute atomic E-state index is 0.0781. The molecular formula is C10H13NO6S. The number of carboxylic acids is 1. The van der Waals surface area contributed by atoms with Gasteiger partial charge in [0.15, 0.2) is 0 Å². The van der Waals surface area contributed by atoms with E-state index in [1.165, 1.54) is 11.2 Å². The van der Waals surface area contributed by atoms with Crippen LogP contribution in [0.5, 0.6) is 0 Å². The van der Waals surface area contributed by atoms with Crippen LogP contribution in [-0.2, 0) is 14.8 Å². The molecule has 0 radical (unpaired) electrons. The average Bonchev–Trinajstić information content (AvgIpc) is 2.73. The Balaban J connectivity index is 2.44. The van der Waals surface area contributed by atoms with Crippen molar-refractivity contribution in [2.45, 2.75) is 11.8 Å². The maximum atomic E-state index is 12.3. The molecule has 1 aromatic heterocycles. The van der Waals surface area contributed by atoms with Crippen molar-refractivity contribution in [3.63, 3.8) is 0 Å². The van der Waals surface area contributed by atoms with Gasteiger partial charge in [-0.2, -0.15) is 4.31 Å². The zero-order chi connectivity index (χ0) is 13.3. The average molecular weight is 275 g/mol. The van der Waals surface area contributed by atoms with Gasteiger partial charge in [-0.15, -0.1) is 0 Å². The molecule has 8 heteroatoms. The molecule has 2 rings (SSSR count). The molecule has 2 heterocycles. The molecule has 0 unspecified atom stereocenters. The molecule has 0 aromatic carbocycles. The molecule has 1 N–H and O–H groups in total. The van der Waals surface area contributed by atoms with E-state index in [-0.39, 0.29) is 29.3 Å². The van der Waals surface area contributed by atoms with Crippen molar-refractivity contribution < 1.29 is 27.5 Å². The number of rotatable bonds is 3. The van der Waals surface area contributed by atoms with E-state index in [2.05, 4.69) is 0 Å². The lowest BCUT2D eigenvalue weighted by Crippen LogP contribution is -2.40. The first-order valence-electron chi connectivity index (χ1n) is 5.34. The Morgan fingerprint density at radius 1 is 1.39 bits per heavy atom. The number of furan rings is 1. The maximum absolute atomic E-state index is 12.3. The number of hydrogen-bond acceptors (Lipinski definition) is 5. The first kappa shape index (κ1) is 13.1. The summed E-state index contributed by atoms with van der Waals surface area (Å²) in [6.07, 6.45) is 0.976. The summed E-state index contributed by atoms with van der Waals surface area (Å²) >= 11 is 0. The number of ether oxygens (including phenoxy) is 1. The van der Waals surface area contributed by atoms with Crippen LogP contribution in [0.1, 0.15) is 16.1 Å². The van der Waals surface area contributed by atoms with Crippen LogP contribution in [0.4, 0.5) is 0 Å². The van der Waals surface area contributed by atoms with Crippen LogP contribution in [-0.4, -0.2) is 50.1 Å². The van der Waals surface area contributed by atoms with Crippen LogP contribution in [0, 0.1) is 6.92 Å². The Hall–Kier alpha value is -1.38. The second-order valence-corrected chi connectivity index (χ2v) is 5.76. The van der Waals surface area contributed by atoms with Gasteiger partial charge in [0.05, 0.1) is 13.2 Å². The van der Waals surface area contributed by atoms with Crippen molar-refractivity contribution in [1.29, 1.82) is 0 Å².